The van der Waals surface area contributed by atoms with Crippen LogP contribution in [-0.2, 0) is 14.3 Å². The third kappa shape index (κ3) is 5.59. The summed E-state index contributed by atoms with van der Waals surface area (Å²) in [6, 6.07) is 6.49. The molecule has 0 heterocycles. The highest BCUT2D eigenvalue weighted by atomic mass is 35.5. The van der Waals surface area contributed by atoms with Crippen molar-refractivity contribution in [3.05, 3.63) is 34.9 Å². The Bertz CT molecular complexity index is 448. The number of esters is 1. The van der Waals surface area contributed by atoms with Crippen molar-refractivity contribution in [1.29, 1.82) is 0 Å². The zero-order valence-corrected chi connectivity index (χ0v) is 12.4. The summed E-state index contributed by atoms with van der Waals surface area (Å²) in [5.41, 5.74) is 0.792. The van der Waals surface area contributed by atoms with Crippen molar-refractivity contribution < 1.29 is 14.3 Å². The number of ether oxygens (including phenoxy) is 1. The standard InChI is InChI=1S/C14H19ClN2O3/c1-10(18)16-8-3-9-17-13(14(19)20-2)11-4-6-12(15)7-5-11/h4-7,13,17H,3,8-9H2,1-2H3,(H,16,18). The molecule has 1 unspecified atom stereocenters. The number of hydrogen-bond acceptors (Lipinski definition) is 4. The normalized spacial score (nSPS) is 11.8. The molecule has 0 saturated heterocycles. The van der Waals surface area contributed by atoms with Gasteiger partial charge in [0.05, 0.1) is 7.11 Å². The van der Waals surface area contributed by atoms with Gasteiger partial charge in [-0.25, -0.2) is 4.79 Å². The van der Waals surface area contributed by atoms with Gasteiger partial charge < -0.3 is 15.4 Å². The minimum atomic E-state index is -0.533. The first-order chi connectivity index (χ1) is 9.54. The van der Waals surface area contributed by atoms with Crippen LogP contribution in [0.3, 0.4) is 0 Å². The lowest BCUT2D eigenvalue weighted by molar-refractivity contribution is -0.143. The van der Waals surface area contributed by atoms with Gasteiger partial charge in [-0.1, -0.05) is 23.7 Å². The summed E-state index contributed by atoms with van der Waals surface area (Å²) in [4.78, 5) is 22.5. The molecule has 2 N–H and O–H groups in total. The van der Waals surface area contributed by atoms with Crippen LogP contribution in [0.15, 0.2) is 24.3 Å². The van der Waals surface area contributed by atoms with Gasteiger partial charge in [-0.3, -0.25) is 4.79 Å². The Kier molecular flexibility index (Phi) is 7.04. The largest absolute Gasteiger partial charge is 0.468 e. The van der Waals surface area contributed by atoms with E-state index in [-0.39, 0.29) is 11.9 Å². The minimum Gasteiger partial charge on any atom is -0.468 e. The van der Waals surface area contributed by atoms with Crippen LogP contribution in [0.25, 0.3) is 0 Å². The molecule has 1 aromatic rings. The molecule has 0 aliphatic heterocycles. The number of amides is 1. The SMILES string of the molecule is COC(=O)C(NCCCNC(C)=O)c1ccc(Cl)cc1. The number of benzene rings is 1. The van der Waals surface area contributed by atoms with Crippen molar-refractivity contribution in [2.75, 3.05) is 20.2 Å². The lowest BCUT2D eigenvalue weighted by Crippen LogP contribution is -2.32. The van der Waals surface area contributed by atoms with Crippen molar-refractivity contribution in [3.8, 4) is 0 Å². The molecule has 20 heavy (non-hydrogen) atoms. The zero-order chi connectivity index (χ0) is 15.0. The molecule has 1 aromatic carbocycles. The summed E-state index contributed by atoms with van der Waals surface area (Å²) >= 11 is 5.83. The number of methoxy groups -OCH3 is 1. The van der Waals surface area contributed by atoms with E-state index in [2.05, 4.69) is 10.6 Å². The molecule has 6 heteroatoms. The van der Waals surface area contributed by atoms with Crippen LogP contribution in [0, 0.1) is 0 Å². The van der Waals surface area contributed by atoms with E-state index in [0.29, 0.717) is 18.1 Å². The highest BCUT2D eigenvalue weighted by molar-refractivity contribution is 6.30. The smallest absolute Gasteiger partial charge is 0.327 e. The molecular weight excluding hydrogens is 280 g/mol. The molecule has 0 aromatic heterocycles. The van der Waals surface area contributed by atoms with Crippen molar-refractivity contribution >= 4 is 23.5 Å². The molecule has 0 spiro atoms. The second-order valence-corrected chi connectivity index (χ2v) is 4.73. The van der Waals surface area contributed by atoms with Gasteiger partial charge in [-0.05, 0) is 30.7 Å². The lowest BCUT2D eigenvalue weighted by Gasteiger charge is -2.17. The average molecular weight is 299 g/mol. The maximum absolute atomic E-state index is 11.8. The molecule has 1 atom stereocenters. The van der Waals surface area contributed by atoms with Gasteiger partial charge in [-0.2, -0.15) is 0 Å². The minimum absolute atomic E-state index is 0.0628. The van der Waals surface area contributed by atoms with Gasteiger partial charge in [0.1, 0.15) is 6.04 Å². The van der Waals surface area contributed by atoms with Crippen LogP contribution in [0.2, 0.25) is 5.02 Å². The number of rotatable bonds is 7. The van der Waals surface area contributed by atoms with E-state index >= 15 is 0 Å². The molecule has 1 rings (SSSR count). The molecule has 0 radical (unpaired) electrons. The number of halogens is 1. The number of carbonyl (C=O) groups excluding carboxylic acids is 2. The molecule has 0 saturated carbocycles. The summed E-state index contributed by atoms with van der Waals surface area (Å²) in [5, 5.41) is 6.42. The van der Waals surface area contributed by atoms with Gasteiger partial charge in [0.25, 0.3) is 0 Å². The van der Waals surface area contributed by atoms with Crippen LogP contribution >= 0.6 is 11.6 Å². The topological polar surface area (TPSA) is 67.4 Å². The molecule has 0 bridgehead atoms. The van der Waals surface area contributed by atoms with Gasteiger partial charge in [0.15, 0.2) is 0 Å². The van der Waals surface area contributed by atoms with Crippen molar-refractivity contribution in [2.45, 2.75) is 19.4 Å². The van der Waals surface area contributed by atoms with Crippen LogP contribution in [-0.4, -0.2) is 32.1 Å². The highest BCUT2D eigenvalue weighted by Crippen LogP contribution is 2.17. The van der Waals surface area contributed by atoms with Gasteiger partial charge in [0.2, 0.25) is 5.91 Å². The van der Waals surface area contributed by atoms with Gasteiger partial charge in [0, 0.05) is 18.5 Å². The van der Waals surface area contributed by atoms with Gasteiger partial charge >= 0.3 is 5.97 Å². The molecular formula is C14H19ClN2O3. The van der Waals surface area contributed by atoms with Crippen molar-refractivity contribution in [3.63, 3.8) is 0 Å². The summed E-state index contributed by atoms with van der Waals surface area (Å²) in [7, 11) is 1.35. The fourth-order valence-corrected chi connectivity index (χ4v) is 1.84. The molecule has 5 nitrogen and oxygen atoms in total. The molecule has 1 amide bonds. The average Bonchev–Trinajstić information content (AvgIpc) is 2.43. The van der Waals surface area contributed by atoms with Crippen LogP contribution in [0.4, 0.5) is 0 Å². The monoisotopic (exact) mass is 298 g/mol. The third-order valence-corrected chi connectivity index (χ3v) is 2.97. The van der Waals surface area contributed by atoms with E-state index < -0.39 is 6.04 Å². The molecule has 0 aliphatic carbocycles. The Morgan fingerprint density at radius 1 is 1.25 bits per heavy atom. The summed E-state index contributed by atoms with van der Waals surface area (Å²) in [6.07, 6.45) is 0.723. The highest BCUT2D eigenvalue weighted by Gasteiger charge is 2.20. The Labute approximate surface area is 123 Å². The van der Waals surface area contributed by atoms with Gasteiger partial charge in [-0.15, -0.1) is 0 Å². The number of carbonyl (C=O) groups is 2. The summed E-state index contributed by atoms with van der Waals surface area (Å²) in [5.74, 6) is -0.418. The predicted octanol–water partition coefficient (Wildman–Crippen LogP) is 1.67. The fraction of sp³-hybridized carbons (Fsp3) is 0.429. The van der Waals surface area contributed by atoms with Crippen LogP contribution in [0.1, 0.15) is 24.9 Å². The van der Waals surface area contributed by atoms with E-state index in [0.717, 1.165) is 12.0 Å². The Hall–Kier alpha value is -1.59. The second kappa shape index (κ2) is 8.55. The lowest BCUT2D eigenvalue weighted by atomic mass is 10.1. The Morgan fingerprint density at radius 3 is 2.45 bits per heavy atom. The fourth-order valence-electron chi connectivity index (χ4n) is 1.71. The predicted molar refractivity (Wildman–Crippen MR) is 77.5 cm³/mol. The molecule has 110 valence electrons. The second-order valence-electron chi connectivity index (χ2n) is 4.30. The van der Waals surface area contributed by atoms with Crippen LogP contribution < -0.4 is 10.6 Å². The van der Waals surface area contributed by atoms with E-state index in [1.807, 2.05) is 0 Å². The van der Waals surface area contributed by atoms with E-state index in [9.17, 15) is 9.59 Å². The first-order valence-corrected chi connectivity index (χ1v) is 6.73. The van der Waals surface area contributed by atoms with Crippen molar-refractivity contribution in [1.82, 2.24) is 10.6 Å². The Balaban J connectivity index is 2.55. The maximum Gasteiger partial charge on any atom is 0.327 e. The third-order valence-electron chi connectivity index (χ3n) is 2.72. The first-order valence-electron chi connectivity index (χ1n) is 6.35. The van der Waals surface area contributed by atoms with E-state index in [1.54, 1.807) is 24.3 Å². The van der Waals surface area contributed by atoms with Crippen LogP contribution in [0.5, 0.6) is 0 Å². The quantitative estimate of drug-likeness (QED) is 0.593. The number of nitrogens with one attached hydrogen (secondary N) is 2. The summed E-state index contributed by atoms with van der Waals surface area (Å²) < 4.78 is 4.79. The Morgan fingerprint density at radius 2 is 1.90 bits per heavy atom. The number of hydrogen-bond donors (Lipinski definition) is 2. The molecule has 0 fully saturated rings. The molecule has 0 aliphatic rings. The van der Waals surface area contributed by atoms with E-state index in [1.165, 1.54) is 14.0 Å². The first kappa shape index (κ1) is 16.5. The van der Waals surface area contributed by atoms with Crippen molar-refractivity contribution in [2.24, 2.45) is 0 Å². The zero-order valence-electron chi connectivity index (χ0n) is 11.6. The van der Waals surface area contributed by atoms with E-state index in [4.69, 9.17) is 16.3 Å². The maximum atomic E-state index is 11.8. The summed E-state index contributed by atoms with van der Waals surface area (Å²) in [6.45, 7) is 2.62.